The molecule has 0 saturated carbocycles. The molecule has 0 aliphatic carbocycles. The molecule has 0 atom stereocenters. The summed E-state index contributed by atoms with van der Waals surface area (Å²) < 4.78 is 0. The number of thioether (sulfide) groups is 1. The van der Waals surface area contributed by atoms with Gasteiger partial charge in [-0.25, -0.2) is 0 Å². The SMILES string of the molecule is CCCCCCNC(=O)c1ccc(SC)cc1. The van der Waals surface area contributed by atoms with E-state index in [9.17, 15) is 4.79 Å². The van der Waals surface area contributed by atoms with Gasteiger partial charge in [-0.2, -0.15) is 0 Å². The third kappa shape index (κ3) is 5.26. The first-order chi connectivity index (χ1) is 8.27. The minimum atomic E-state index is 0.0363. The molecule has 94 valence electrons. The fourth-order valence-corrected chi connectivity index (χ4v) is 2.01. The van der Waals surface area contributed by atoms with Gasteiger partial charge in [0, 0.05) is 17.0 Å². The number of amides is 1. The van der Waals surface area contributed by atoms with Crippen LogP contribution in [0.4, 0.5) is 0 Å². The zero-order valence-electron chi connectivity index (χ0n) is 10.7. The van der Waals surface area contributed by atoms with Gasteiger partial charge in [0.05, 0.1) is 0 Å². The summed E-state index contributed by atoms with van der Waals surface area (Å²) in [4.78, 5) is 12.9. The van der Waals surface area contributed by atoms with Crippen LogP contribution in [-0.2, 0) is 0 Å². The molecule has 17 heavy (non-hydrogen) atoms. The smallest absolute Gasteiger partial charge is 0.251 e. The molecule has 1 rings (SSSR count). The van der Waals surface area contributed by atoms with Crippen LogP contribution in [0.1, 0.15) is 43.0 Å². The van der Waals surface area contributed by atoms with Crippen LogP contribution in [-0.4, -0.2) is 18.7 Å². The van der Waals surface area contributed by atoms with Crippen molar-refractivity contribution in [3.8, 4) is 0 Å². The molecule has 0 aromatic heterocycles. The first-order valence-corrected chi connectivity index (χ1v) is 7.42. The molecule has 3 heteroatoms. The standard InChI is InChI=1S/C14H21NOS/c1-3-4-5-6-11-15-14(16)12-7-9-13(17-2)10-8-12/h7-10H,3-6,11H2,1-2H3,(H,15,16). The summed E-state index contributed by atoms with van der Waals surface area (Å²) in [6.45, 7) is 2.97. The van der Waals surface area contributed by atoms with Crippen molar-refractivity contribution in [1.82, 2.24) is 5.32 Å². The Morgan fingerprint density at radius 2 is 1.88 bits per heavy atom. The van der Waals surface area contributed by atoms with E-state index in [1.807, 2.05) is 30.5 Å². The molecule has 0 bridgehead atoms. The lowest BCUT2D eigenvalue weighted by atomic mass is 10.2. The molecule has 0 spiro atoms. The Labute approximate surface area is 108 Å². The fraction of sp³-hybridized carbons (Fsp3) is 0.500. The lowest BCUT2D eigenvalue weighted by Crippen LogP contribution is -2.24. The summed E-state index contributed by atoms with van der Waals surface area (Å²) >= 11 is 1.68. The molecule has 0 heterocycles. The van der Waals surface area contributed by atoms with Gasteiger partial charge in [0.15, 0.2) is 0 Å². The molecule has 0 fully saturated rings. The summed E-state index contributed by atoms with van der Waals surface area (Å²) in [7, 11) is 0. The van der Waals surface area contributed by atoms with Gasteiger partial charge >= 0.3 is 0 Å². The van der Waals surface area contributed by atoms with Gasteiger partial charge in [-0.3, -0.25) is 4.79 Å². The molecule has 1 N–H and O–H groups in total. The van der Waals surface area contributed by atoms with Crippen molar-refractivity contribution in [3.05, 3.63) is 29.8 Å². The first-order valence-electron chi connectivity index (χ1n) is 6.20. The highest BCUT2D eigenvalue weighted by atomic mass is 32.2. The normalized spacial score (nSPS) is 10.2. The highest BCUT2D eigenvalue weighted by Crippen LogP contribution is 2.14. The van der Waals surface area contributed by atoms with Gasteiger partial charge < -0.3 is 5.32 Å². The average Bonchev–Trinajstić information content (AvgIpc) is 2.38. The lowest BCUT2D eigenvalue weighted by Gasteiger charge is -2.05. The molecular formula is C14H21NOS. The minimum absolute atomic E-state index is 0.0363. The van der Waals surface area contributed by atoms with Gasteiger partial charge in [0.1, 0.15) is 0 Å². The van der Waals surface area contributed by atoms with Crippen molar-refractivity contribution in [2.75, 3.05) is 12.8 Å². The number of carbonyl (C=O) groups excluding carboxylic acids is 1. The number of unbranched alkanes of at least 4 members (excludes halogenated alkanes) is 3. The third-order valence-electron chi connectivity index (χ3n) is 2.67. The number of rotatable bonds is 7. The van der Waals surface area contributed by atoms with Gasteiger partial charge in [-0.05, 0) is 36.9 Å². The largest absolute Gasteiger partial charge is 0.352 e. The van der Waals surface area contributed by atoms with Crippen LogP contribution in [0.3, 0.4) is 0 Å². The number of benzene rings is 1. The molecule has 1 amide bonds. The maximum absolute atomic E-state index is 11.8. The van der Waals surface area contributed by atoms with E-state index in [4.69, 9.17) is 0 Å². The topological polar surface area (TPSA) is 29.1 Å². The van der Waals surface area contributed by atoms with Crippen molar-refractivity contribution in [2.45, 2.75) is 37.5 Å². The summed E-state index contributed by atoms with van der Waals surface area (Å²) in [6.07, 6.45) is 6.77. The van der Waals surface area contributed by atoms with Crippen molar-refractivity contribution in [2.24, 2.45) is 0 Å². The van der Waals surface area contributed by atoms with Gasteiger partial charge in [-0.15, -0.1) is 11.8 Å². The van der Waals surface area contributed by atoms with E-state index in [1.54, 1.807) is 11.8 Å². The number of nitrogens with one attached hydrogen (secondary N) is 1. The highest BCUT2D eigenvalue weighted by Gasteiger charge is 2.03. The molecule has 0 radical (unpaired) electrons. The lowest BCUT2D eigenvalue weighted by molar-refractivity contribution is 0.0953. The minimum Gasteiger partial charge on any atom is -0.352 e. The Morgan fingerprint density at radius 3 is 2.47 bits per heavy atom. The zero-order chi connectivity index (χ0) is 12.5. The molecule has 0 unspecified atom stereocenters. The van der Waals surface area contributed by atoms with Gasteiger partial charge in [0.2, 0.25) is 0 Å². The van der Waals surface area contributed by atoms with E-state index in [1.165, 1.54) is 24.2 Å². The van der Waals surface area contributed by atoms with Gasteiger partial charge in [-0.1, -0.05) is 26.2 Å². The summed E-state index contributed by atoms with van der Waals surface area (Å²) in [6, 6.07) is 7.73. The maximum atomic E-state index is 11.8. The maximum Gasteiger partial charge on any atom is 0.251 e. The van der Waals surface area contributed by atoms with E-state index in [2.05, 4.69) is 12.2 Å². The van der Waals surface area contributed by atoms with Crippen LogP contribution >= 0.6 is 11.8 Å². The van der Waals surface area contributed by atoms with Crippen LogP contribution in [0.15, 0.2) is 29.2 Å². The molecular weight excluding hydrogens is 230 g/mol. The Kier molecular flexibility index (Phi) is 6.78. The number of hydrogen-bond acceptors (Lipinski definition) is 2. The van der Waals surface area contributed by atoms with E-state index in [-0.39, 0.29) is 5.91 Å². The van der Waals surface area contributed by atoms with Crippen LogP contribution in [0, 0.1) is 0 Å². The van der Waals surface area contributed by atoms with Crippen molar-refractivity contribution < 1.29 is 4.79 Å². The Morgan fingerprint density at radius 1 is 1.18 bits per heavy atom. The van der Waals surface area contributed by atoms with Crippen molar-refractivity contribution >= 4 is 17.7 Å². The third-order valence-corrected chi connectivity index (χ3v) is 3.41. The molecule has 0 aliphatic heterocycles. The Balaban J connectivity index is 2.31. The van der Waals surface area contributed by atoms with E-state index < -0.39 is 0 Å². The second-order valence-electron chi connectivity index (χ2n) is 4.05. The zero-order valence-corrected chi connectivity index (χ0v) is 11.5. The quantitative estimate of drug-likeness (QED) is 0.591. The van der Waals surface area contributed by atoms with E-state index in [0.29, 0.717) is 0 Å². The highest BCUT2D eigenvalue weighted by molar-refractivity contribution is 7.98. The second-order valence-corrected chi connectivity index (χ2v) is 4.92. The summed E-state index contributed by atoms with van der Waals surface area (Å²) in [5.41, 5.74) is 0.748. The first kappa shape index (κ1) is 14.1. The fourth-order valence-electron chi connectivity index (χ4n) is 1.60. The summed E-state index contributed by atoms with van der Waals surface area (Å²) in [5.74, 6) is 0.0363. The number of carbonyl (C=O) groups is 1. The van der Waals surface area contributed by atoms with Gasteiger partial charge in [0.25, 0.3) is 5.91 Å². The van der Waals surface area contributed by atoms with Crippen molar-refractivity contribution in [3.63, 3.8) is 0 Å². The van der Waals surface area contributed by atoms with Crippen LogP contribution in [0.5, 0.6) is 0 Å². The van der Waals surface area contributed by atoms with Crippen molar-refractivity contribution in [1.29, 1.82) is 0 Å². The van der Waals surface area contributed by atoms with E-state index >= 15 is 0 Å². The van der Waals surface area contributed by atoms with Crippen LogP contribution in [0.25, 0.3) is 0 Å². The molecule has 0 aliphatic rings. The molecule has 1 aromatic carbocycles. The van der Waals surface area contributed by atoms with Crippen LogP contribution < -0.4 is 5.32 Å². The monoisotopic (exact) mass is 251 g/mol. The summed E-state index contributed by atoms with van der Waals surface area (Å²) in [5, 5.41) is 2.95. The molecule has 2 nitrogen and oxygen atoms in total. The Bertz CT molecular complexity index is 335. The molecule has 1 aromatic rings. The average molecular weight is 251 g/mol. The number of hydrogen-bond donors (Lipinski definition) is 1. The van der Waals surface area contributed by atoms with Crippen LogP contribution in [0.2, 0.25) is 0 Å². The second kappa shape index (κ2) is 8.18. The molecule has 0 saturated heterocycles. The Hall–Kier alpha value is -0.960. The predicted octanol–water partition coefficient (Wildman–Crippen LogP) is 3.72. The predicted molar refractivity (Wildman–Crippen MR) is 74.7 cm³/mol. The van der Waals surface area contributed by atoms with E-state index in [0.717, 1.165) is 18.5 Å².